The number of ether oxygens (including phenoxy) is 3. The first-order valence-electron chi connectivity index (χ1n) is 12.2. The number of benzene rings is 2. The zero-order valence-electron chi connectivity index (χ0n) is 21.4. The third-order valence-corrected chi connectivity index (χ3v) is 6.89. The summed E-state index contributed by atoms with van der Waals surface area (Å²) in [5.74, 6) is -0.592. The van der Waals surface area contributed by atoms with Crippen molar-refractivity contribution < 1.29 is 28.9 Å². The number of nitrogens with zero attached hydrogens (tertiary/aromatic N) is 2. The third kappa shape index (κ3) is 5.65. The van der Waals surface area contributed by atoms with Crippen molar-refractivity contribution in [3.05, 3.63) is 64.2 Å². The van der Waals surface area contributed by atoms with Gasteiger partial charge < -0.3 is 24.2 Å². The van der Waals surface area contributed by atoms with E-state index in [-0.39, 0.29) is 18.8 Å². The number of aliphatic hydroxyl groups is 1. The highest BCUT2D eigenvalue weighted by molar-refractivity contribution is 6.46. The number of amides is 1. The van der Waals surface area contributed by atoms with Gasteiger partial charge in [0, 0.05) is 37.3 Å². The molecule has 2 aromatic carbocycles. The van der Waals surface area contributed by atoms with Crippen LogP contribution in [-0.4, -0.2) is 80.2 Å². The first kappa shape index (κ1) is 28.2. The third-order valence-electron chi connectivity index (χ3n) is 6.89. The number of carbonyl (C=O) groups excluding carboxylic acids is 2. The molecule has 1 N–H and O–H groups in total. The molecular weight excluding hydrogens is 472 g/mol. The smallest absolute Gasteiger partial charge is 0.295 e. The van der Waals surface area contributed by atoms with E-state index in [1.54, 1.807) is 17.0 Å². The number of hydrogen-bond donors (Lipinski definition) is 1. The van der Waals surface area contributed by atoms with Crippen molar-refractivity contribution in [3.63, 3.8) is 0 Å². The van der Waals surface area contributed by atoms with Gasteiger partial charge in [-0.05, 0) is 38.0 Å². The molecule has 1 atom stereocenters. The van der Waals surface area contributed by atoms with Crippen LogP contribution < -0.4 is 9.47 Å². The van der Waals surface area contributed by atoms with E-state index in [4.69, 9.17) is 14.2 Å². The van der Waals surface area contributed by atoms with E-state index in [1.807, 2.05) is 38.1 Å². The van der Waals surface area contributed by atoms with E-state index in [9.17, 15) is 14.7 Å². The summed E-state index contributed by atoms with van der Waals surface area (Å²) in [6.07, 6.45) is 0.680. The molecule has 4 rings (SSSR count). The summed E-state index contributed by atoms with van der Waals surface area (Å²) >= 11 is 0. The van der Waals surface area contributed by atoms with Crippen molar-refractivity contribution in [2.24, 2.45) is 0 Å². The molecule has 0 radical (unpaired) electrons. The average Bonchev–Trinajstić information content (AvgIpc) is 3.14. The van der Waals surface area contributed by atoms with Gasteiger partial charge in [0.1, 0.15) is 5.76 Å². The van der Waals surface area contributed by atoms with Gasteiger partial charge in [-0.1, -0.05) is 37.3 Å². The molecule has 2 heterocycles. The lowest BCUT2D eigenvalue weighted by Gasteiger charge is -2.30. The van der Waals surface area contributed by atoms with Gasteiger partial charge in [-0.2, -0.15) is 0 Å². The number of methoxy groups -OCH3 is 2. The van der Waals surface area contributed by atoms with Crippen LogP contribution in [0.1, 0.15) is 42.1 Å². The Morgan fingerprint density at radius 3 is 2.46 bits per heavy atom. The first-order valence-corrected chi connectivity index (χ1v) is 12.2. The van der Waals surface area contributed by atoms with Crippen LogP contribution in [-0.2, 0) is 14.3 Å². The van der Waals surface area contributed by atoms with Crippen molar-refractivity contribution in [3.8, 4) is 11.5 Å². The molecule has 1 amide bonds. The largest absolute Gasteiger partial charge is 0.507 e. The molecule has 0 aromatic heterocycles. The fourth-order valence-electron chi connectivity index (χ4n) is 4.99. The lowest BCUT2D eigenvalue weighted by molar-refractivity contribution is -0.140. The van der Waals surface area contributed by atoms with Gasteiger partial charge in [-0.25, -0.2) is 0 Å². The maximum Gasteiger partial charge on any atom is 0.295 e. The van der Waals surface area contributed by atoms with E-state index < -0.39 is 17.7 Å². The number of ketones is 1. The van der Waals surface area contributed by atoms with E-state index in [1.165, 1.54) is 14.2 Å². The molecule has 1 unspecified atom stereocenters. The van der Waals surface area contributed by atoms with E-state index in [0.717, 1.165) is 30.8 Å². The summed E-state index contributed by atoms with van der Waals surface area (Å²) < 4.78 is 16.6. The van der Waals surface area contributed by atoms with Crippen molar-refractivity contribution >= 4 is 17.4 Å². The number of rotatable bonds is 8. The fourth-order valence-corrected chi connectivity index (χ4v) is 4.99. The Morgan fingerprint density at radius 1 is 1.05 bits per heavy atom. The molecule has 2 saturated heterocycles. The monoisotopic (exact) mass is 510 g/mol. The molecule has 0 spiro atoms. The van der Waals surface area contributed by atoms with Gasteiger partial charge in [0.05, 0.1) is 39.0 Å². The number of hydrogen-bond acceptors (Lipinski definition) is 7. The molecule has 37 heavy (non-hydrogen) atoms. The second-order valence-electron chi connectivity index (χ2n) is 9.20. The van der Waals surface area contributed by atoms with Gasteiger partial charge in [-0.3, -0.25) is 14.5 Å². The molecule has 200 valence electrons. The van der Waals surface area contributed by atoms with Crippen molar-refractivity contribution in [2.45, 2.75) is 33.7 Å². The number of Topliss-reactive ketones (excluding diaryl/α,β-unsaturated/α-hetero) is 1. The highest BCUT2D eigenvalue weighted by Crippen LogP contribution is 2.45. The van der Waals surface area contributed by atoms with Crippen LogP contribution in [0.4, 0.5) is 0 Å². The van der Waals surface area contributed by atoms with Crippen LogP contribution in [0.5, 0.6) is 11.5 Å². The van der Waals surface area contributed by atoms with E-state index in [0.29, 0.717) is 48.8 Å². The SMILES string of the molecule is C.COc1cccc(C2C(=C(O)c3cc(C)ccc3C)C(=O)C(=O)N2CCCN2CCOCC2)c1OC. The average molecular weight is 511 g/mol. The van der Waals surface area contributed by atoms with Crippen molar-refractivity contribution in [2.75, 3.05) is 53.6 Å². The van der Waals surface area contributed by atoms with Crippen LogP contribution in [0.25, 0.3) is 5.76 Å². The summed E-state index contributed by atoms with van der Waals surface area (Å²) in [7, 11) is 3.06. The number of aryl methyl sites for hydroxylation is 2. The predicted octanol–water partition coefficient (Wildman–Crippen LogP) is 4.10. The van der Waals surface area contributed by atoms with Gasteiger partial charge >= 0.3 is 0 Å². The summed E-state index contributed by atoms with van der Waals surface area (Å²) in [6, 6.07) is 10.2. The lowest BCUT2D eigenvalue weighted by atomic mass is 9.92. The highest BCUT2D eigenvalue weighted by Gasteiger charge is 2.47. The van der Waals surface area contributed by atoms with Crippen LogP contribution in [0, 0.1) is 13.8 Å². The second-order valence-corrected chi connectivity index (χ2v) is 9.20. The van der Waals surface area contributed by atoms with E-state index >= 15 is 0 Å². The summed E-state index contributed by atoms with van der Waals surface area (Å²) in [5.41, 5.74) is 2.94. The molecule has 0 aliphatic carbocycles. The van der Waals surface area contributed by atoms with E-state index in [2.05, 4.69) is 4.90 Å². The molecule has 0 saturated carbocycles. The maximum atomic E-state index is 13.4. The Hall–Kier alpha value is -3.36. The fraction of sp³-hybridized carbons (Fsp3) is 0.448. The maximum absolute atomic E-state index is 13.4. The normalized spacial score (nSPS) is 19.6. The molecule has 2 fully saturated rings. The summed E-state index contributed by atoms with van der Waals surface area (Å²) in [5, 5.41) is 11.5. The Kier molecular flexibility index (Phi) is 9.34. The molecule has 2 aliphatic rings. The minimum absolute atomic E-state index is 0. The Labute approximate surface area is 219 Å². The molecule has 8 heteroatoms. The van der Waals surface area contributed by atoms with Crippen LogP contribution >= 0.6 is 0 Å². The molecule has 2 aromatic rings. The zero-order chi connectivity index (χ0) is 25.8. The summed E-state index contributed by atoms with van der Waals surface area (Å²) in [4.78, 5) is 30.6. The zero-order valence-corrected chi connectivity index (χ0v) is 21.4. The Balaban J connectivity index is 0.00000380. The molecule has 8 nitrogen and oxygen atoms in total. The Bertz CT molecular complexity index is 1170. The van der Waals surface area contributed by atoms with Gasteiger partial charge in [0.15, 0.2) is 11.5 Å². The van der Waals surface area contributed by atoms with Crippen LogP contribution in [0.2, 0.25) is 0 Å². The minimum atomic E-state index is -0.806. The van der Waals surface area contributed by atoms with Gasteiger partial charge in [0.2, 0.25) is 0 Å². The van der Waals surface area contributed by atoms with Crippen LogP contribution in [0.15, 0.2) is 42.0 Å². The standard InChI is InChI=1S/C28H34N2O6.CH4/c1-18-9-10-19(2)21(17-18)25(31)23-24(20-7-5-8-22(34-3)27(20)35-4)30(28(33)26(23)32)12-6-11-29-13-15-36-16-14-29;/h5,7-10,17,24,31H,6,11-16H2,1-4H3;1H4. The number of aliphatic hydroxyl groups excluding tert-OH is 1. The number of morpholine rings is 1. The molecule has 2 aliphatic heterocycles. The molecule has 0 bridgehead atoms. The predicted molar refractivity (Wildman–Crippen MR) is 143 cm³/mol. The lowest BCUT2D eigenvalue weighted by Crippen LogP contribution is -2.39. The second kappa shape index (κ2) is 12.3. The Morgan fingerprint density at radius 2 is 1.78 bits per heavy atom. The number of carbonyl (C=O) groups is 2. The number of para-hydroxylation sites is 1. The first-order chi connectivity index (χ1) is 17.4. The number of likely N-dealkylation sites (tertiary alicyclic amines) is 1. The summed E-state index contributed by atoms with van der Waals surface area (Å²) in [6.45, 7) is 8.01. The minimum Gasteiger partial charge on any atom is -0.507 e. The topological polar surface area (TPSA) is 88.5 Å². The quantitative estimate of drug-likeness (QED) is 0.325. The van der Waals surface area contributed by atoms with Gasteiger partial charge in [0.25, 0.3) is 11.7 Å². The van der Waals surface area contributed by atoms with Gasteiger partial charge in [-0.15, -0.1) is 0 Å². The highest BCUT2D eigenvalue weighted by atomic mass is 16.5. The molecular formula is C29H38N2O6. The van der Waals surface area contributed by atoms with Crippen LogP contribution in [0.3, 0.4) is 0 Å². The van der Waals surface area contributed by atoms with Crippen molar-refractivity contribution in [1.29, 1.82) is 0 Å². The van der Waals surface area contributed by atoms with Crippen molar-refractivity contribution in [1.82, 2.24) is 9.80 Å².